The summed E-state index contributed by atoms with van der Waals surface area (Å²) in [4.78, 5) is 7.48. The molecule has 0 aliphatic carbocycles. The molecule has 2 N–H and O–H groups in total. The summed E-state index contributed by atoms with van der Waals surface area (Å²) in [7, 11) is 0. The predicted octanol–water partition coefficient (Wildman–Crippen LogP) is 1.01. The van der Waals surface area contributed by atoms with Crippen LogP contribution >= 0.6 is 0 Å². The number of rotatable bonds is 1. The van der Waals surface area contributed by atoms with E-state index in [1.807, 2.05) is 13.8 Å². The molecular weight excluding hydrogens is 144 g/mol. The fraction of sp³-hybridized carbons (Fsp3) is 0.429. The van der Waals surface area contributed by atoms with E-state index in [2.05, 4.69) is 9.97 Å². The fourth-order valence-corrected chi connectivity index (χ4v) is 0.658. The highest BCUT2D eigenvalue weighted by Gasteiger charge is 2.06. The molecule has 0 saturated carbocycles. The zero-order valence-electron chi connectivity index (χ0n) is 6.44. The maximum absolute atomic E-state index is 8.95. The number of aromatic hydroxyl groups is 2. The predicted molar refractivity (Wildman–Crippen MR) is 39.5 cm³/mol. The smallest absolute Gasteiger partial charge is 0.257 e. The molecule has 1 heterocycles. The third kappa shape index (κ3) is 1.58. The first-order valence-electron chi connectivity index (χ1n) is 3.36. The molecule has 1 aromatic heterocycles. The van der Waals surface area contributed by atoms with Crippen LogP contribution in [0.4, 0.5) is 0 Å². The van der Waals surface area contributed by atoms with Crippen molar-refractivity contribution in [1.82, 2.24) is 9.97 Å². The molecule has 1 rings (SSSR count). The van der Waals surface area contributed by atoms with Gasteiger partial charge in [-0.3, -0.25) is 0 Å². The van der Waals surface area contributed by atoms with E-state index in [1.165, 1.54) is 6.20 Å². The van der Waals surface area contributed by atoms with Crippen molar-refractivity contribution >= 4 is 0 Å². The molecule has 0 aliphatic rings. The molecule has 0 bridgehead atoms. The molecule has 0 unspecified atom stereocenters. The third-order valence-electron chi connectivity index (χ3n) is 1.29. The van der Waals surface area contributed by atoms with Crippen molar-refractivity contribution in [3.05, 3.63) is 12.0 Å². The van der Waals surface area contributed by atoms with Gasteiger partial charge in [-0.1, -0.05) is 13.8 Å². The maximum Gasteiger partial charge on any atom is 0.257 e. The van der Waals surface area contributed by atoms with Gasteiger partial charge in [0, 0.05) is 5.92 Å². The van der Waals surface area contributed by atoms with E-state index in [-0.39, 0.29) is 17.5 Å². The van der Waals surface area contributed by atoms with Crippen molar-refractivity contribution in [2.24, 2.45) is 0 Å². The second-order valence-corrected chi connectivity index (χ2v) is 2.59. The van der Waals surface area contributed by atoms with Gasteiger partial charge in [0.2, 0.25) is 0 Å². The molecule has 0 amide bonds. The average Bonchev–Trinajstić information content (AvgIpc) is 1.94. The van der Waals surface area contributed by atoms with E-state index in [4.69, 9.17) is 10.2 Å². The lowest BCUT2D eigenvalue weighted by Gasteiger charge is -2.02. The van der Waals surface area contributed by atoms with Crippen molar-refractivity contribution in [2.45, 2.75) is 19.8 Å². The van der Waals surface area contributed by atoms with Crippen LogP contribution in [0.15, 0.2) is 6.20 Å². The molecule has 0 aromatic carbocycles. The lowest BCUT2D eigenvalue weighted by molar-refractivity contribution is 0.382. The summed E-state index contributed by atoms with van der Waals surface area (Å²) >= 11 is 0. The molecule has 0 spiro atoms. The van der Waals surface area contributed by atoms with E-state index in [1.54, 1.807) is 0 Å². The Morgan fingerprint density at radius 2 is 2.00 bits per heavy atom. The highest BCUT2D eigenvalue weighted by molar-refractivity contribution is 5.27. The standard InChI is InChI=1S/C7H10N2O2/c1-4(2)6-8-3-5(10)7(11)9-6/h3-4,10H,1-2H3,(H,8,9,11). The average molecular weight is 154 g/mol. The highest BCUT2D eigenvalue weighted by Crippen LogP contribution is 2.21. The quantitative estimate of drug-likeness (QED) is 0.633. The van der Waals surface area contributed by atoms with Gasteiger partial charge in [0.25, 0.3) is 5.88 Å². The van der Waals surface area contributed by atoms with Crippen molar-refractivity contribution in [2.75, 3.05) is 0 Å². The lowest BCUT2D eigenvalue weighted by atomic mass is 10.2. The molecule has 4 heteroatoms. The molecular formula is C7H10N2O2. The maximum atomic E-state index is 8.95. The van der Waals surface area contributed by atoms with Crippen molar-refractivity contribution in [3.8, 4) is 11.6 Å². The Morgan fingerprint density at radius 1 is 1.36 bits per heavy atom. The van der Waals surface area contributed by atoms with Gasteiger partial charge in [0.15, 0.2) is 5.75 Å². The summed E-state index contributed by atoms with van der Waals surface area (Å²) in [6.45, 7) is 3.82. The van der Waals surface area contributed by atoms with Crippen molar-refractivity contribution < 1.29 is 10.2 Å². The number of nitrogens with zero attached hydrogens (tertiary/aromatic N) is 2. The Morgan fingerprint density at radius 3 is 2.45 bits per heavy atom. The van der Waals surface area contributed by atoms with Gasteiger partial charge in [-0.25, -0.2) is 4.98 Å². The van der Waals surface area contributed by atoms with Crippen LogP contribution in [0.2, 0.25) is 0 Å². The van der Waals surface area contributed by atoms with Gasteiger partial charge in [0.05, 0.1) is 6.20 Å². The first-order valence-corrected chi connectivity index (χ1v) is 3.36. The first kappa shape index (κ1) is 7.78. The van der Waals surface area contributed by atoms with Crippen molar-refractivity contribution in [1.29, 1.82) is 0 Å². The fourth-order valence-electron chi connectivity index (χ4n) is 0.658. The van der Waals surface area contributed by atoms with Gasteiger partial charge in [-0.15, -0.1) is 0 Å². The Bertz CT molecular complexity index is 261. The monoisotopic (exact) mass is 154 g/mol. The molecule has 0 radical (unpaired) electrons. The van der Waals surface area contributed by atoms with Crippen LogP contribution < -0.4 is 0 Å². The minimum Gasteiger partial charge on any atom is -0.502 e. The number of aromatic nitrogens is 2. The van der Waals surface area contributed by atoms with Crippen LogP contribution in [0, 0.1) is 0 Å². The molecule has 0 fully saturated rings. The largest absolute Gasteiger partial charge is 0.502 e. The summed E-state index contributed by atoms with van der Waals surface area (Å²) in [5, 5.41) is 17.8. The van der Waals surface area contributed by atoms with Crippen LogP contribution in [-0.2, 0) is 0 Å². The number of hydrogen-bond acceptors (Lipinski definition) is 4. The minimum absolute atomic E-state index is 0.154. The second kappa shape index (κ2) is 2.74. The van der Waals surface area contributed by atoms with Crippen LogP contribution in [0.3, 0.4) is 0 Å². The highest BCUT2D eigenvalue weighted by atomic mass is 16.3. The summed E-state index contributed by atoms with van der Waals surface area (Å²) < 4.78 is 0. The molecule has 60 valence electrons. The Hall–Kier alpha value is -1.32. The topological polar surface area (TPSA) is 66.2 Å². The third-order valence-corrected chi connectivity index (χ3v) is 1.29. The zero-order chi connectivity index (χ0) is 8.43. The minimum atomic E-state index is -0.358. The molecule has 0 saturated heterocycles. The number of hydrogen-bond donors (Lipinski definition) is 2. The SMILES string of the molecule is CC(C)c1ncc(O)c(O)n1. The summed E-state index contributed by atoms with van der Waals surface area (Å²) in [5.74, 6) is 0.0416. The summed E-state index contributed by atoms with van der Waals surface area (Å²) in [6.07, 6.45) is 1.19. The van der Waals surface area contributed by atoms with Gasteiger partial charge in [0.1, 0.15) is 5.82 Å². The molecule has 4 nitrogen and oxygen atoms in total. The van der Waals surface area contributed by atoms with Crippen LogP contribution in [0.5, 0.6) is 11.6 Å². The molecule has 1 aromatic rings. The van der Waals surface area contributed by atoms with Gasteiger partial charge in [-0.2, -0.15) is 4.98 Å². The van der Waals surface area contributed by atoms with E-state index in [0.29, 0.717) is 5.82 Å². The first-order chi connectivity index (χ1) is 5.11. The summed E-state index contributed by atoms with van der Waals surface area (Å²) in [6, 6.07) is 0. The molecule has 0 aliphatic heterocycles. The Kier molecular flexibility index (Phi) is 1.94. The van der Waals surface area contributed by atoms with E-state index >= 15 is 0 Å². The second-order valence-electron chi connectivity index (χ2n) is 2.59. The van der Waals surface area contributed by atoms with Crippen LogP contribution in [0.25, 0.3) is 0 Å². The molecule has 11 heavy (non-hydrogen) atoms. The van der Waals surface area contributed by atoms with Crippen LogP contribution in [-0.4, -0.2) is 20.2 Å². The summed E-state index contributed by atoms with van der Waals surface area (Å²) in [5.41, 5.74) is 0. The van der Waals surface area contributed by atoms with Gasteiger partial charge >= 0.3 is 0 Å². The Balaban J connectivity index is 3.05. The lowest BCUT2D eigenvalue weighted by Crippen LogP contribution is -1.95. The van der Waals surface area contributed by atoms with Crippen LogP contribution in [0.1, 0.15) is 25.6 Å². The van der Waals surface area contributed by atoms with Gasteiger partial charge in [-0.05, 0) is 0 Å². The van der Waals surface area contributed by atoms with Crippen molar-refractivity contribution in [3.63, 3.8) is 0 Å². The van der Waals surface area contributed by atoms with Gasteiger partial charge < -0.3 is 10.2 Å². The zero-order valence-corrected chi connectivity index (χ0v) is 6.44. The Labute approximate surface area is 64.6 Å². The normalized spacial score (nSPS) is 10.5. The van der Waals surface area contributed by atoms with E-state index in [0.717, 1.165) is 0 Å². The van der Waals surface area contributed by atoms with E-state index in [9.17, 15) is 0 Å². The van der Waals surface area contributed by atoms with E-state index < -0.39 is 0 Å². The molecule has 0 atom stereocenters.